The molecule has 0 radical (unpaired) electrons. The van der Waals surface area contributed by atoms with Crippen molar-refractivity contribution in [2.24, 2.45) is 0 Å². The minimum Gasteiger partial charge on any atom is -0.450 e. The Hall–Kier alpha value is -2.92. The molecule has 3 rings (SSSR count). The average molecular weight is 383 g/mol. The van der Waals surface area contributed by atoms with E-state index in [9.17, 15) is 9.59 Å². The van der Waals surface area contributed by atoms with Crippen LogP contribution in [0.1, 0.15) is 39.2 Å². The van der Waals surface area contributed by atoms with Crippen LogP contribution in [-0.2, 0) is 4.74 Å². The maximum atomic E-state index is 12.9. The lowest BCUT2D eigenvalue weighted by Crippen LogP contribution is -2.25. The molecule has 0 aliphatic heterocycles. The molecule has 0 saturated carbocycles. The van der Waals surface area contributed by atoms with E-state index in [1.54, 1.807) is 43.3 Å². The number of rotatable bonds is 5. The Morgan fingerprint density at radius 1 is 1.11 bits per heavy atom. The quantitative estimate of drug-likeness (QED) is 0.479. The zero-order valence-electron chi connectivity index (χ0n) is 15.3. The van der Waals surface area contributed by atoms with E-state index in [0.29, 0.717) is 10.6 Å². The molecule has 0 amide bonds. The number of benzene rings is 1. The van der Waals surface area contributed by atoms with E-state index in [1.165, 1.54) is 6.20 Å². The highest BCUT2D eigenvalue weighted by molar-refractivity contribution is 6.30. The molecule has 27 heavy (non-hydrogen) atoms. The number of halogens is 1. The van der Waals surface area contributed by atoms with Crippen molar-refractivity contribution >= 4 is 23.4 Å². The van der Waals surface area contributed by atoms with Gasteiger partial charge >= 0.3 is 5.97 Å². The molecular weight excluding hydrogens is 364 g/mol. The highest BCUT2D eigenvalue weighted by Crippen LogP contribution is 2.23. The molecule has 0 aliphatic rings. The van der Waals surface area contributed by atoms with Crippen molar-refractivity contribution < 1.29 is 14.3 Å². The Bertz CT molecular complexity index is 979. The molecule has 138 valence electrons. The summed E-state index contributed by atoms with van der Waals surface area (Å²) in [5.41, 5.74) is 3.28. The summed E-state index contributed by atoms with van der Waals surface area (Å²) >= 11 is 5.96. The van der Waals surface area contributed by atoms with Gasteiger partial charge in [-0.05, 0) is 63.2 Å². The fourth-order valence-corrected chi connectivity index (χ4v) is 3.10. The predicted octanol–water partition coefficient (Wildman–Crippen LogP) is 4.57. The number of Topliss-reactive ketones (excluding diaryl/α,β-unsaturated/α-hetero) is 1. The summed E-state index contributed by atoms with van der Waals surface area (Å²) in [7, 11) is 0. The Kier molecular flexibility index (Phi) is 5.42. The predicted molar refractivity (Wildman–Crippen MR) is 104 cm³/mol. The zero-order chi connectivity index (χ0) is 19.6. The van der Waals surface area contributed by atoms with Crippen LogP contribution in [0.25, 0.3) is 5.69 Å². The van der Waals surface area contributed by atoms with E-state index in [1.807, 2.05) is 30.5 Å². The topological polar surface area (TPSA) is 61.2 Å². The summed E-state index contributed by atoms with van der Waals surface area (Å²) < 4.78 is 7.27. The van der Waals surface area contributed by atoms with Crippen molar-refractivity contribution in [2.45, 2.75) is 26.9 Å². The maximum absolute atomic E-state index is 12.9. The van der Waals surface area contributed by atoms with Gasteiger partial charge in [-0.15, -0.1) is 0 Å². The molecule has 6 heteroatoms. The molecule has 1 aromatic carbocycles. The number of hydrogen-bond acceptors (Lipinski definition) is 4. The van der Waals surface area contributed by atoms with Gasteiger partial charge < -0.3 is 9.30 Å². The zero-order valence-corrected chi connectivity index (χ0v) is 16.0. The third kappa shape index (κ3) is 3.93. The molecule has 2 aromatic heterocycles. The highest BCUT2D eigenvalue weighted by Gasteiger charge is 2.25. The second kappa shape index (κ2) is 7.76. The lowest BCUT2D eigenvalue weighted by Gasteiger charge is -2.13. The van der Waals surface area contributed by atoms with E-state index in [0.717, 1.165) is 17.1 Å². The Morgan fingerprint density at radius 2 is 1.81 bits per heavy atom. The molecule has 0 bridgehead atoms. The first-order valence-electron chi connectivity index (χ1n) is 8.49. The lowest BCUT2D eigenvalue weighted by atomic mass is 10.1. The summed E-state index contributed by atoms with van der Waals surface area (Å²) in [5, 5.41) is 0.646. The van der Waals surface area contributed by atoms with Crippen molar-refractivity contribution in [3.05, 3.63) is 82.4 Å². The third-order valence-corrected chi connectivity index (χ3v) is 4.56. The van der Waals surface area contributed by atoms with Gasteiger partial charge in [-0.1, -0.05) is 17.7 Å². The number of carbonyl (C=O) groups is 2. The van der Waals surface area contributed by atoms with Gasteiger partial charge in [0.15, 0.2) is 6.10 Å². The Labute approximate surface area is 162 Å². The lowest BCUT2D eigenvalue weighted by molar-refractivity contribution is 0.0313. The first-order valence-corrected chi connectivity index (χ1v) is 8.87. The van der Waals surface area contributed by atoms with Gasteiger partial charge in [-0.2, -0.15) is 0 Å². The fourth-order valence-electron chi connectivity index (χ4n) is 2.98. The van der Waals surface area contributed by atoms with Crippen molar-refractivity contribution in [1.82, 2.24) is 9.55 Å². The normalized spacial score (nSPS) is 11.9. The van der Waals surface area contributed by atoms with Gasteiger partial charge in [0.05, 0.1) is 0 Å². The van der Waals surface area contributed by atoms with Gasteiger partial charge in [0.2, 0.25) is 5.78 Å². The van der Waals surface area contributed by atoms with Crippen LogP contribution in [0.4, 0.5) is 0 Å². The van der Waals surface area contributed by atoms with Crippen molar-refractivity contribution in [1.29, 1.82) is 0 Å². The first-order chi connectivity index (χ1) is 12.9. The van der Waals surface area contributed by atoms with Crippen molar-refractivity contribution in [3.8, 4) is 5.69 Å². The van der Waals surface area contributed by atoms with Gasteiger partial charge in [-0.25, -0.2) is 9.78 Å². The SMILES string of the molecule is Cc1cc(C(=O)[C@@H](C)OC(=O)c2ccccn2)c(C)n1-c1ccc(Cl)cc1. The molecule has 2 heterocycles. The van der Waals surface area contributed by atoms with E-state index >= 15 is 0 Å². The number of ketones is 1. The van der Waals surface area contributed by atoms with Gasteiger partial charge in [0.1, 0.15) is 5.69 Å². The van der Waals surface area contributed by atoms with Crippen LogP contribution < -0.4 is 0 Å². The number of nitrogens with zero attached hydrogens (tertiary/aromatic N) is 2. The molecular formula is C21H19ClN2O3. The number of ether oxygens (including phenoxy) is 1. The molecule has 0 fully saturated rings. The van der Waals surface area contributed by atoms with Crippen LogP contribution >= 0.6 is 11.6 Å². The number of carbonyl (C=O) groups excluding carboxylic acids is 2. The van der Waals surface area contributed by atoms with E-state index in [-0.39, 0.29) is 11.5 Å². The molecule has 0 aliphatic carbocycles. The fraction of sp³-hybridized carbons (Fsp3) is 0.190. The molecule has 0 spiro atoms. The summed E-state index contributed by atoms with van der Waals surface area (Å²) in [6, 6.07) is 14.1. The van der Waals surface area contributed by atoms with E-state index in [4.69, 9.17) is 16.3 Å². The third-order valence-electron chi connectivity index (χ3n) is 4.31. The first kappa shape index (κ1) is 18.9. The number of aryl methyl sites for hydroxylation is 1. The molecule has 5 nitrogen and oxygen atoms in total. The maximum Gasteiger partial charge on any atom is 0.357 e. The van der Waals surface area contributed by atoms with Gasteiger partial charge in [-0.3, -0.25) is 4.79 Å². The van der Waals surface area contributed by atoms with Crippen LogP contribution in [0.5, 0.6) is 0 Å². The second-order valence-electron chi connectivity index (χ2n) is 6.22. The summed E-state index contributed by atoms with van der Waals surface area (Å²) in [6.07, 6.45) is 0.585. The van der Waals surface area contributed by atoms with Gasteiger partial charge in [0.25, 0.3) is 0 Å². The standard InChI is InChI=1S/C21H19ClN2O3/c1-13-12-18(14(2)24(13)17-9-7-16(22)8-10-17)20(25)15(3)27-21(26)19-6-4-5-11-23-19/h4-12,15H,1-3H3/t15-/m1/s1. The molecule has 0 N–H and O–H groups in total. The monoisotopic (exact) mass is 382 g/mol. The number of hydrogen-bond donors (Lipinski definition) is 0. The van der Waals surface area contributed by atoms with E-state index in [2.05, 4.69) is 4.98 Å². The van der Waals surface area contributed by atoms with E-state index < -0.39 is 12.1 Å². The van der Waals surface area contributed by atoms with Crippen LogP contribution in [0.2, 0.25) is 5.02 Å². The van der Waals surface area contributed by atoms with Crippen LogP contribution in [-0.4, -0.2) is 27.4 Å². The smallest absolute Gasteiger partial charge is 0.357 e. The van der Waals surface area contributed by atoms with Crippen molar-refractivity contribution in [3.63, 3.8) is 0 Å². The molecule has 0 saturated heterocycles. The molecule has 1 atom stereocenters. The summed E-state index contributed by atoms with van der Waals surface area (Å²) in [6.45, 7) is 5.35. The molecule has 3 aromatic rings. The summed E-state index contributed by atoms with van der Waals surface area (Å²) in [4.78, 5) is 28.9. The average Bonchev–Trinajstić information content (AvgIpc) is 2.96. The number of aromatic nitrogens is 2. The minimum atomic E-state index is -0.918. The Morgan fingerprint density at radius 3 is 2.44 bits per heavy atom. The Balaban J connectivity index is 1.84. The summed E-state index contributed by atoms with van der Waals surface area (Å²) in [5.74, 6) is -0.879. The number of esters is 1. The molecule has 0 unspecified atom stereocenters. The minimum absolute atomic E-state index is 0.170. The van der Waals surface area contributed by atoms with Crippen LogP contribution in [0, 0.1) is 13.8 Å². The second-order valence-corrected chi connectivity index (χ2v) is 6.66. The van der Waals surface area contributed by atoms with Crippen LogP contribution in [0.15, 0.2) is 54.7 Å². The number of pyridine rings is 1. The van der Waals surface area contributed by atoms with Crippen molar-refractivity contribution in [2.75, 3.05) is 0 Å². The highest BCUT2D eigenvalue weighted by atomic mass is 35.5. The largest absolute Gasteiger partial charge is 0.450 e. The van der Waals surface area contributed by atoms with Crippen LogP contribution in [0.3, 0.4) is 0 Å². The van der Waals surface area contributed by atoms with Gasteiger partial charge in [0, 0.05) is 33.9 Å².